The first-order valence-corrected chi connectivity index (χ1v) is 5.70. The fourth-order valence-corrected chi connectivity index (χ4v) is 1.84. The minimum Gasteiger partial charge on any atom is -0.480 e. The summed E-state index contributed by atoms with van der Waals surface area (Å²) in [5.41, 5.74) is 0.534. The van der Waals surface area contributed by atoms with E-state index in [1.54, 1.807) is 29.9 Å². The number of hydrogen-bond acceptors (Lipinski definition) is 2. The van der Waals surface area contributed by atoms with E-state index in [-0.39, 0.29) is 12.5 Å². The van der Waals surface area contributed by atoms with Crippen LogP contribution in [0.5, 0.6) is 0 Å². The van der Waals surface area contributed by atoms with Crippen molar-refractivity contribution in [3.63, 3.8) is 0 Å². The van der Waals surface area contributed by atoms with E-state index < -0.39 is 5.97 Å². The Kier molecular flexibility index (Phi) is 3.17. The van der Waals surface area contributed by atoms with Crippen LogP contribution in [-0.2, 0) is 11.8 Å². The van der Waals surface area contributed by atoms with Crippen molar-refractivity contribution in [3.05, 3.63) is 24.0 Å². The van der Waals surface area contributed by atoms with E-state index in [2.05, 4.69) is 0 Å². The van der Waals surface area contributed by atoms with Gasteiger partial charge in [-0.15, -0.1) is 0 Å². The number of nitrogens with zero attached hydrogens (tertiary/aromatic N) is 2. The predicted octanol–water partition coefficient (Wildman–Crippen LogP) is 0.962. The van der Waals surface area contributed by atoms with E-state index in [9.17, 15) is 9.59 Å². The zero-order valence-corrected chi connectivity index (χ0v) is 9.80. The molecule has 5 heteroatoms. The Labute approximate surface area is 99.6 Å². The van der Waals surface area contributed by atoms with Crippen LogP contribution in [0.25, 0.3) is 0 Å². The van der Waals surface area contributed by atoms with Gasteiger partial charge in [0.15, 0.2) is 0 Å². The summed E-state index contributed by atoms with van der Waals surface area (Å²) in [7, 11) is 1.78. The van der Waals surface area contributed by atoms with E-state index in [1.165, 1.54) is 4.90 Å². The van der Waals surface area contributed by atoms with Crippen LogP contribution in [0, 0.1) is 5.92 Å². The van der Waals surface area contributed by atoms with E-state index in [0.717, 1.165) is 12.8 Å². The topological polar surface area (TPSA) is 62.5 Å². The molecule has 0 unspecified atom stereocenters. The Balaban J connectivity index is 2.10. The van der Waals surface area contributed by atoms with E-state index >= 15 is 0 Å². The number of amides is 1. The summed E-state index contributed by atoms with van der Waals surface area (Å²) in [6, 6.07) is 3.49. The molecule has 0 spiro atoms. The second-order valence-electron chi connectivity index (χ2n) is 4.53. The highest BCUT2D eigenvalue weighted by Crippen LogP contribution is 2.30. The third kappa shape index (κ3) is 2.87. The van der Waals surface area contributed by atoms with Crippen LogP contribution in [0.2, 0.25) is 0 Å². The van der Waals surface area contributed by atoms with E-state index in [4.69, 9.17) is 5.11 Å². The highest BCUT2D eigenvalue weighted by atomic mass is 16.4. The number of carboxylic acid groups (broad SMARTS) is 1. The number of carboxylic acids is 1. The number of aromatic nitrogens is 1. The Morgan fingerprint density at radius 1 is 1.53 bits per heavy atom. The standard InChI is InChI=1S/C12H16N2O3/c1-13-6-2-3-10(13)12(17)14(8-11(15)16)7-9-4-5-9/h2-3,6,9H,4-5,7-8H2,1H3,(H,15,16). The Morgan fingerprint density at radius 3 is 2.71 bits per heavy atom. The van der Waals surface area contributed by atoms with E-state index in [1.807, 2.05) is 0 Å². The van der Waals surface area contributed by atoms with Crippen LogP contribution in [0.1, 0.15) is 23.3 Å². The average Bonchev–Trinajstić information content (AvgIpc) is 2.97. The van der Waals surface area contributed by atoms with Crippen molar-refractivity contribution in [1.29, 1.82) is 0 Å². The van der Waals surface area contributed by atoms with Crippen molar-refractivity contribution in [3.8, 4) is 0 Å². The summed E-state index contributed by atoms with van der Waals surface area (Å²) in [6.45, 7) is 0.330. The molecule has 2 rings (SSSR count). The minimum absolute atomic E-state index is 0.202. The second kappa shape index (κ2) is 4.61. The molecule has 1 aromatic rings. The molecule has 1 aliphatic carbocycles. The molecule has 1 aliphatic rings. The summed E-state index contributed by atoms with van der Waals surface area (Å²) in [5, 5.41) is 8.83. The molecule has 1 N–H and O–H groups in total. The van der Waals surface area contributed by atoms with Gasteiger partial charge in [-0.1, -0.05) is 0 Å². The maximum atomic E-state index is 12.2. The van der Waals surface area contributed by atoms with Gasteiger partial charge in [0, 0.05) is 19.8 Å². The fraction of sp³-hybridized carbons (Fsp3) is 0.500. The maximum absolute atomic E-state index is 12.2. The van der Waals surface area contributed by atoms with Gasteiger partial charge in [-0.25, -0.2) is 0 Å². The van der Waals surface area contributed by atoms with Crippen LogP contribution in [0.4, 0.5) is 0 Å². The summed E-state index contributed by atoms with van der Waals surface area (Å²) >= 11 is 0. The summed E-state index contributed by atoms with van der Waals surface area (Å²) in [5.74, 6) is -0.682. The largest absolute Gasteiger partial charge is 0.480 e. The molecular weight excluding hydrogens is 220 g/mol. The Morgan fingerprint density at radius 2 is 2.24 bits per heavy atom. The lowest BCUT2D eigenvalue weighted by atomic mass is 10.3. The highest BCUT2D eigenvalue weighted by molar-refractivity contribution is 5.94. The van der Waals surface area contributed by atoms with E-state index in [0.29, 0.717) is 18.2 Å². The molecule has 0 bridgehead atoms. The van der Waals surface area contributed by atoms with Crippen molar-refractivity contribution in [2.24, 2.45) is 13.0 Å². The fourth-order valence-electron chi connectivity index (χ4n) is 1.84. The molecule has 1 saturated carbocycles. The van der Waals surface area contributed by atoms with Crippen LogP contribution in [0.15, 0.2) is 18.3 Å². The Bertz CT molecular complexity index is 435. The highest BCUT2D eigenvalue weighted by Gasteiger charge is 2.29. The molecule has 0 radical (unpaired) electrons. The van der Waals surface area contributed by atoms with Gasteiger partial charge in [0.25, 0.3) is 5.91 Å². The molecule has 0 atom stereocenters. The number of aryl methyl sites for hydroxylation is 1. The lowest BCUT2D eigenvalue weighted by Gasteiger charge is -2.20. The molecule has 1 heterocycles. The van der Waals surface area contributed by atoms with Crippen molar-refractivity contribution < 1.29 is 14.7 Å². The van der Waals surface area contributed by atoms with Gasteiger partial charge in [-0.05, 0) is 30.9 Å². The quantitative estimate of drug-likeness (QED) is 0.828. The molecule has 0 aliphatic heterocycles. The van der Waals surface area contributed by atoms with Gasteiger partial charge in [0.2, 0.25) is 0 Å². The summed E-state index contributed by atoms with van der Waals surface area (Å²) in [6.07, 6.45) is 3.97. The number of rotatable bonds is 5. The molecule has 5 nitrogen and oxygen atoms in total. The molecule has 1 amide bonds. The number of aliphatic carboxylic acids is 1. The normalized spacial score (nSPS) is 14.6. The van der Waals surface area contributed by atoms with Crippen molar-refractivity contribution >= 4 is 11.9 Å². The first-order valence-electron chi connectivity index (χ1n) is 5.70. The van der Waals surface area contributed by atoms with Gasteiger partial charge in [-0.3, -0.25) is 9.59 Å². The second-order valence-corrected chi connectivity index (χ2v) is 4.53. The van der Waals surface area contributed by atoms with Crippen molar-refractivity contribution in [1.82, 2.24) is 9.47 Å². The van der Waals surface area contributed by atoms with Crippen LogP contribution in [0.3, 0.4) is 0 Å². The average molecular weight is 236 g/mol. The third-order valence-corrected chi connectivity index (χ3v) is 2.95. The van der Waals surface area contributed by atoms with Gasteiger partial charge in [-0.2, -0.15) is 0 Å². The molecule has 17 heavy (non-hydrogen) atoms. The van der Waals surface area contributed by atoms with Crippen LogP contribution >= 0.6 is 0 Å². The first-order chi connectivity index (χ1) is 8.08. The van der Waals surface area contributed by atoms with Crippen LogP contribution < -0.4 is 0 Å². The Hall–Kier alpha value is -1.78. The molecule has 0 aromatic carbocycles. The number of carbonyl (C=O) groups is 2. The van der Waals surface area contributed by atoms with Crippen LogP contribution in [-0.4, -0.2) is 39.5 Å². The molecule has 1 fully saturated rings. The number of carbonyl (C=O) groups excluding carboxylic acids is 1. The molecule has 0 saturated heterocycles. The SMILES string of the molecule is Cn1cccc1C(=O)N(CC(=O)O)CC1CC1. The summed E-state index contributed by atoms with van der Waals surface area (Å²) < 4.78 is 1.71. The molecule has 92 valence electrons. The number of hydrogen-bond donors (Lipinski definition) is 1. The lowest BCUT2D eigenvalue weighted by Crippen LogP contribution is -2.38. The van der Waals surface area contributed by atoms with Crippen molar-refractivity contribution in [2.45, 2.75) is 12.8 Å². The first kappa shape index (κ1) is 11.7. The van der Waals surface area contributed by atoms with Crippen molar-refractivity contribution in [2.75, 3.05) is 13.1 Å². The molecular formula is C12H16N2O3. The zero-order valence-electron chi connectivity index (χ0n) is 9.80. The van der Waals surface area contributed by atoms with Gasteiger partial charge >= 0.3 is 5.97 Å². The predicted molar refractivity (Wildman–Crippen MR) is 61.7 cm³/mol. The van der Waals surface area contributed by atoms with Gasteiger partial charge in [0.1, 0.15) is 12.2 Å². The smallest absolute Gasteiger partial charge is 0.323 e. The van der Waals surface area contributed by atoms with Gasteiger partial charge < -0.3 is 14.6 Å². The maximum Gasteiger partial charge on any atom is 0.323 e. The molecule has 1 aromatic heterocycles. The minimum atomic E-state index is -0.965. The third-order valence-electron chi connectivity index (χ3n) is 2.95. The monoisotopic (exact) mass is 236 g/mol. The van der Waals surface area contributed by atoms with Gasteiger partial charge in [0.05, 0.1) is 0 Å². The zero-order chi connectivity index (χ0) is 12.4. The lowest BCUT2D eigenvalue weighted by molar-refractivity contribution is -0.137. The summed E-state index contributed by atoms with van der Waals surface area (Å²) in [4.78, 5) is 24.4.